The smallest absolute Gasteiger partial charge is 0.366 e. The Hall–Kier alpha value is -1.73. The molecule has 1 heterocycles. The van der Waals surface area contributed by atoms with E-state index in [0.717, 1.165) is 0 Å². The van der Waals surface area contributed by atoms with Crippen LogP contribution in [0, 0.1) is 0 Å². The second-order valence-corrected chi connectivity index (χ2v) is 2.78. The van der Waals surface area contributed by atoms with E-state index in [0.29, 0.717) is 12.3 Å². The average Bonchev–Trinajstić information content (AvgIpc) is 2.14. The second kappa shape index (κ2) is 4.03. The van der Waals surface area contributed by atoms with E-state index >= 15 is 0 Å². The van der Waals surface area contributed by atoms with Crippen LogP contribution in [0.4, 0.5) is 22.0 Å². The van der Waals surface area contributed by atoms with E-state index in [4.69, 9.17) is 0 Å². The predicted molar refractivity (Wildman–Crippen MR) is 42.7 cm³/mol. The molecule has 0 saturated carbocycles. The van der Waals surface area contributed by atoms with Gasteiger partial charge in [-0.1, -0.05) is 0 Å². The lowest BCUT2D eigenvalue weighted by Crippen LogP contribution is -2.22. The number of carbonyl (C=O) groups is 1. The first-order valence-electron chi connectivity index (χ1n) is 3.89. The number of primary amides is 1. The first-order chi connectivity index (χ1) is 7.25. The van der Waals surface area contributed by atoms with Crippen molar-refractivity contribution in [1.82, 2.24) is 4.98 Å². The van der Waals surface area contributed by atoms with Gasteiger partial charge in [-0.3, -0.25) is 9.78 Å². The van der Waals surface area contributed by atoms with Gasteiger partial charge in [-0.05, 0) is 6.07 Å². The SMILES string of the molecule is NC(=O)c1c(C(F)(F)F)ccnc1C(F)F. The molecule has 0 bridgehead atoms. The van der Waals surface area contributed by atoms with Gasteiger partial charge in [-0.25, -0.2) is 8.78 Å². The van der Waals surface area contributed by atoms with Gasteiger partial charge < -0.3 is 5.73 Å². The number of pyridine rings is 1. The molecule has 0 aliphatic carbocycles. The molecule has 0 saturated heterocycles. The normalized spacial score (nSPS) is 11.9. The van der Waals surface area contributed by atoms with Crippen molar-refractivity contribution in [3.8, 4) is 0 Å². The van der Waals surface area contributed by atoms with Crippen molar-refractivity contribution in [2.45, 2.75) is 12.6 Å². The van der Waals surface area contributed by atoms with Crippen molar-refractivity contribution in [1.29, 1.82) is 0 Å². The van der Waals surface area contributed by atoms with Gasteiger partial charge in [0, 0.05) is 6.20 Å². The largest absolute Gasteiger partial charge is 0.417 e. The molecule has 0 unspecified atom stereocenters. The lowest BCUT2D eigenvalue weighted by Gasteiger charge is -2.12. The molecule has 0 spiro atoms. The molecule has 1 aromatic heterocycles. The summed E-state index contributed by atoms with van der Waals surface area (Å²) in [5, 5.41) is 0. The Kier molecular flexibility index (Phi) is 3.11. The third-order valence-corrected chi connectivity index (χ3v) is 1.74. The Morgan fingerprint density at radius 1 is 1.38 bits per heavy atom. The summed E-state index contributed by atoms with van der Waals surface area (Å²) >= 11 is 0. The first kappa shape index (κ1) is 12.3. The molecular weight excluding hydrogens is 235 g/mol. The number of hydrogen-bond donors (Lipinski definition) is 1. The van der Waals surface area contributed by atoms with Gasteiger partial charge in [-0.15, -0.1) is 0 Å². The number of rotatable bonds is 2. The number of halogens is 5. The molecule has 0 aromatic carbocycles. The molecule has 0 radical (unpaired) electrons. The number of alkyl halides is 5. The monoisotopic (exact) mass is 240 g/mol. The molecular formula is C8H5F5N2O. The summed E-state index contributed by atoms with van der Waals surface area (Å²) in [6.07, 6.45) is -7.68. The Morgan fingerprint density at radius 2 is 1.94 bits per heavy atom. The zero-order valence-electron chi connectivity index (χ0n) is 7.55. The van der Waals surface area contributed by atoms with Crippen molar-refractivity contribution in [3.63, 3.8) is 0 Å². The third kappa shape index (κ3) is 2.26. The molecule has 88 valence electrons. The van der Waals surface area contributed by atoms with Crippen LogP contribution in [-0.4, -0.2) is 10.9 Å². The van der Waals surface area contributed by atoms with E-state index in [1.54, 1.807) is 0 Å². The fraction of sp³-hybridized carbons (Fsp3) is 0.250. The van der Waals surface area contributed by atoms with Crippen LogP contribution in [0.25, 0.3) is 0 Å². The number of aromatic nitrogens is 1. The molecule has 0 fully saturated rings. The van der Waals surface area contributed by atoms with E-state index in [-0.39, 0.29) is 0 Å². The van der Waals surface area contributed by atoms with Crippen LogP contribution >= 0.6 is 0 Å². The number of nitrogens with two attached hydrogens (primary N) is 1. The number of hydrogen-bond acceptors (Lipinski definition) is 2. The van der Waals surface area contributed by atoms with Crippen LogP contribution in [0.5, 0.6) is 0 Å². The highest BCUT2D eigenvalue weighted by Gasteiger charge is 2.37. The maximum Gasteiger partial charge on any atom is 0.417 e. The zero-order valence-corrected chi connectivity index (χ0v) is 7.55. The van der Waals surface area contributed by atoms with Crippen molar-refractivity contribution in [2.24, 2.45) is 5.73 Å². The highest BCUT2D eigenvalue weighted by Crippen LogP contribution is 2.34. The van der Waals surface area contributed by atoms with Crippen molar-refractivity contribution in [3.05, 3.63) is 29.1 Å². The Labute approximate surface area is 86.1 Å². The lowest BCUT2D eigenvalue weighted by molar-refractivity contribution is -0.138. The zero-order chi connectivity index (χ0) is 12.5. The Morgan fingerprint density at radius 3 is 2.31 bits per heavy atom. The molecule has 0 atom stereocenters. The average molecular weight is 240 g/mol. The fourth-order valence-electron chi connectivity index (χ4n) is 1.14. The highest BCUT2D eigenvalue weighted by atomic mass is 19.4. The van der Waals surface area contributed by atoms with Crippen molar-refractivity contribution >= 4 is 5.91 Å². The van der Waals surface area contributed by atoms with E-state index in [9.17, 15) is 26.7 Å². The van der Waals surface area contributed by atoms with Crippen LogP contribution in [0.15, 0.2) is 12.3 Å². The molecule has 0 aliphatic heterocycles. The summed E-state index contributed by atoms with van der Waals surface area (Å²) in [5.74, 6) is -1.59. The van der Waals surface area contributed by atoms with E-state index in [1.807, 2.05) is 0 Å². The van der Waals surface area contributed by atoms with Crippen LogP contribution in [-0.2, 0) is 6.18 Å². The topological polar surface area (TPSA) is 56.0 Å². The first-order valence-corrected chi connectivity index (χ1v) is 3.89. The van der Waals surface area contributed by atoms with Gasteiger partial charge >= 0.3 is 6.18 Å². The van der Waals surface area contributed by atoms with E-state index in [1.165, 1.54) is 0 Å². The van der Waals surface area contributed by atoms with Crippen LogP contribution in [0.1, 0.15) is 28.0 Å². The van der Waals surface area contributed by atoms with Gasteiger partial charge in [-0.2, -0.15) is 13.2 Å². The minimum absolute atomic E-state index is 0.423. The highest BCUT2D eigenvalue weighted by molar-refractivity contribution is 5.95. The predicted octanol–water partition coefficient (Wildman–Crippen LogP) is 2.14. The van der Waals surface area contributed by atoms with E-state index < -0.39 is 35.3 Å². The molecule has 1 rings (SSSR count). The third-order valence-electron chi connectivity index (χ3n) is 1.74. The summed E-state index contributed by atoms with van der Waals surface area (Å²) in [6, 6.07) is 0.423. The van der Waals surface area contributed by atoms with Gasteiger partial charge in [0.05, 0.1) is 11.1 Å². The quantitative estimate of drug-likeness (QED) is 0.805. The van der Waals surface area contributed by atoms with Gasteiger partial charge in [0.1, 0.15) is 5.69 Å². The van der Waals surface area contributed by atoms with Crippen LogP contribution < -0.4 is 5.73 Å². The molecule has 0 aliphatic rings. The minimum atomic E-state index is -4.93. The fourth-order valence-corrected chi connectivity index (χ4v) is 1.14. The summed E-state index contributed by atoms with van der Waals surface area (Å²) < 4.78 is 61.8. The van der Waals surface area contributed by atoms with Crippen molar-refractivity contribution < 1.29 is 26.7 Å². The second-order valence-electron chi connectivity index (χ2n) is 2.78. The summed E-state index contributed by atoms with van der Waals surface area (Å²) in [7, 11) is 0. The maximum absolute atomic E-state index is 12.4. The maximum atomic E-state index is 12.4. The number of carbonyl (C=O) groups excluding carboxylic acids is 1. The molecule has 1 aromatic rings. The van der Waals surface area contributed by atoms with Crippen LogP contribution in [0.2, 0.25) is 0 Å². The molecule has 1 amide bonds. The molecule has 3 nitrogen and oxygen atoms in total. The van der Waals surface area contributed by atoms with Gasteiger partial charge in [0.2, 0.25) is 0 Å². The van der Waals surface area contributed by atoms with Gasteiger partial charge in [0.25, 0.3) is 12.3 Å². The number of amides is 1. The summed E-state index contributed by atoms with van der Waals surface area (Å²) in [6.45, 7) is 0. The minimum Gasteiger partial charge on any atom is -0.366 e. The standard InChI is InChI=1S/C8H5F5N2O/c9-6(10)5-4(7(14)16)3(1-2-15-5)8(11,12)13/h1-2,6H,(H2,14,16). The Balaban J connectivity index is 3.52. The van der Waals surface area contributed by atoms with Crippen molar-refractivity contribution in [2.75, 3.05) is 0 Å². The molecule has 2 N–H and O–H groups in total. The Bertz CT molecular complexity index is 415. The lowest BCUT2D eigenvalue weighted by atomic mass is 10.1. The van der Waals surface area contributed by atoms with E-state index in [2.05, 4.69) is 10.7 Å². The van der Waals surface area contributed by atoms with Crippen LogP contribution in [0.3, 0.4) is 0 Å². The number of nitrogens with zero attached hydrogens (tertiary/aromatic N) is 1. The van der Waals surface area contributed by atoms with Gasteiger partial charge in [0.15, 0.2) is 0 Å². The summed E-state index contributed by atoms with van der Waals surface area (Å²) in [5.41, 5.74) is 0.580. The molecule has 8 heteroatoms. The molecule has 16 heavy (non-hydrogen) atoms. The summed E-state index contributed by atoms with van der Waals surface area (Å²) in [4.78, 5) is 13.8.